The normalized spacial score (nSPS) is 11.7. The Morgan fingerprint density at radius 1 is 1.04 bits per heavy atom. The lowest BCUT2D eigenvalue weighted by molar-refractivity contribution is -0.121. The van der Waals surface area contributed by atoms with E-state index in [1.54, 1.807) is 24.5 Å². The lowest BCUT2D eigenvalue weighted by Crippen LogP contribution is -2.26. The van der Waals surface area contributed by atoms with Gasteiger partial charge in [0.2, 0.25) is 5.91 Å². The van der Waals surface area contributed by atoms with Crippen LogP contribution in [0.2, 0.25) is 0 Å². The molecule has 0 saturated heterocycles. The zero-order valence-corrected chi connectivity index (χ0v) is 15.4. The van der Waals surface area contributed by atoms with Gasteiger partial charge in [-0.1, -0.05) is 18.2 Å². The molecular formula is C22H20F2N2O2. The molecule has 0 unspecified atom stereocenters. The molecule has 1 N–H and O–H groups in total. The van der Waals surface area contributed by atoms with E-state index in [9.17, 15) is 13.6 Å². The third kappa shape index (κ3) is 5.36. The summed E-state index contributed by atoms with van der Waals surface area (Å²) >= 11 is 0. The molecule has 0 saturated carbocycles. The van der Waals surface area contributed by atoms with Crippen LogP contribution in [0.1, 0.15) is 30.5 Å². The van der Waals surface area contributed by atoms with E-state index >= 15 is 0 Å². The molecule has 1 amide bonds. The van der Waals surface area contributed by atoms with Crippen molar-refractivity contribution >= 4 is 5.91 Å². The number of hydrogen-bond acceptors (Lipinski definition) is 3. The van der Waals surface area contributed by atoms with Crippen molar-refractivity contribution in [1.29, 1.82) is 0 Å². The van der Waals surface area contributed by atoms with Crippen molar-refractivity contribution in [3.05, 3.63) is 89.8 Å². The number of carbonyl (C=O) groups is 1. The maximum absolute atomic E-state index is 13.2. The van der Waals surface area contributed by atoms with Gasteiger partial charge >= 0.3 is 0 Å². The molecular weight excluding hydrogens is 362 g/mol. The van der Waals surface area contributed by atoms with Crippen LogP contribution in [-0.2, 0) is 11.2 Å². The van der Waals surface area contributed by atoms with Gasteiger partial charge < -0.3 is 10.1 Å². The molecule has 0 bridgehead atoms. The highest BCUT2D eigenvalue weighted by molar-refractivity contribution is 5.76. The predicted octanol–water partition coefficient (Wildman–Crippen LogP) is 4.96. The summed E-state index contributed by atoms with van der Waals surface area (Å²) in [6.45, 7) is 1.88. The van der Waals surface area contributed by atoms with Crippen molar-refractivity contribution in [3.63, 3.8) is 0 Å². The monoisotopic (exact) mass is 382 g/mol. The van der Waals surface area contributed by atoms with Crippen LogP contribution in [0, 0.1) is 11.6 Å². The van der Waals surface area contributed by atoms with Crippen LogP contribution in [0.5, 0.6) is 11.5 Å². The van der Waals surface area contributed by atoms with Gasteiger partial charge in [-0.25, -0.2) is 8.78 Å². The van der Waals surface area contributed by atoms with Crippen LogP contribution in [0.4, 0.5) is 8.78 Å². The minimum absolute atomic E-state index is 0.169. The van der Waals surface area contributed by atoms with Gasteiger partial charge in [-0.3, -0.25) is 9.78 Å². The Hall–Kier alpha value is -3.28. The van der Waals surface area contributed by atoms with E-state index in [4.69, 9.17) is 4.74 Å². The van der Waals surface area contributed by atoms with Gasteiger partial charge in [0.1, 0.15) is 11.5 Å². The zero-order chi connectivity index (χ0) is 19.9. The number of amides is 1. The molecule has 0 aliphatic rings. The SMILES string of the molecule is C[C@H](NC(=O)CCc1ccc(F)c(F)c1)c1cccc(Oc2ccncc2)c1. The van der Waals surface area contributed by atoms with E-state index in [-0.39, 0.29) is 18.4 Å². The Labute approximate surface area is 162 Å². The topological polar surface area (TPSA) is 51.2 Å². The quantitative estimate of drug-likeness (QED) is 0.628. The Bertz CT molecular complexity index is 948. The molecule has 6 heteroatoms. The van der Waals surface area contributed by atoms with Gasteiger partial charge in [0.25, 0.3) is 0 Å². The molecule has 0 aliphatic heterocycles. The van der Waals surface area contributed by atoms with Gasteiger partial charge in [-0.2, -0.15) is 0 Å². The van der Waals surface area contributed by atoms with E-state index in [1.165, 1.54) is 6.07 Å². The van der Waals surface area contributed by atoms with Crippen molar-refractivity contribution < 1.29 is 18.3 Å². The number of carbonyl (C=O) groups excluding carboxylic acids is 1. The maximum Gasteiger partial charge on any atom is 0.220 e. The highest BCUT2D eigenvalue weighted by Gasteiger charge is 2.11. The van der Waals surface area contributed by atoms with Crippen molar-refractivity contribution in [2.24, 2.45) is 0 Å². The summed E-state index contributed by atoms with van der Waals surface area (Å²) in [4.78, 5) is 16.2. The van der Waals surface area contributed by atoms with E-state index in [0.717, 1.165) is 17.7 Å². The number of ether oxygens (including phenoxy) is 1. The lowest BCUT2D eigenvalue weighted by atomic mass is 10.1. The fourth-order valence-electron chi connectivity index (χ4n) is 2.74. The molecule has 144 valence electrons. The standard InChI is InChI=1S/C22H20F2N2O2/c1-15(26-22(27)8-6-16-5-7-20(23)21(24)13-16)17-3-2-4-19(14-17)28-18-9-11-25-12-10-18/h2-5,7,9-15H,6,8H2,1H3,(H,26,27)/t15-/m0/s1. The van der Waals surface area contributed by atoms with Gasteiger partial charge in [-0.15, -0.1) is 0 Å². The summed E-state index contributed by atoms with van der Waals surface area (Å²) in [5.41, 5.74) is 1.47. The second-order valence-corrected chi connectivity index (χ2v) is 6.40. The highest BCUT2D eigenvalue weighted by atomic mass is 19.2. The van der Waals surface area contributed by atoms with Gasteiger partial charge in [-0.05, 0) is 60.9 Å². The first kappa shape index (κ1) is 19.5. The summed E-state index contributed by atoms with van der Waals surface area (Å²) in [6.07, 6.45) is 3.81. The fraction of sp³-hybridized carbons (Fsp3) is 0.182. The Balaban J connectivity index is 1.56. The molecule has 0 spiro atoms. The third-order valence-electron chi connectivity index (χ3n) is 4.25. The summed E-state index contributed by atoms with van der Waals surface area (Å²) in [7, 11) is 0. The van der Waals surface area contributed by atoms with E-state index in [0.29, 0.717) is 23.5 Å². The molecule has 1 heterocycles. The summed E-state index contributed by atoms with van der Waals surface area (Å²) in [6, 6.07) is 14.4. The summed E-state index contributed by atoms with van der Waals surface area (Å²) < 4.78 is 32.0. The van der Waals surface area contributed by atoms with E-state index in [2.05, 4.69) is 10.3 Å². The molecule has 2 aromatic carbocycles. The van der Waals surface area contributed by atoms with Gasteiger partial charge in [0.15, 0.2) is 11.6 Å². The van der Waals surface area contributed by atoms with Crippen LogP contribution in [0.25, 0.3) is 0 Å². The van der Waals surface area contributed by atoms with Crippen LogP contribution in [-0.4, -0.2) is 10.9 Å². The molecule has 0 aliphatic carbocycles. The number of halogens is 2. The number of aromatic nitrogens is 1. The highest BCUT2D eigenvalue weighted by Crippen LogP contribution is 2.24. The molecule has 28 heavy (non-hydrogen) atoms. The molecule has 1 atom stereocenters. The van der Waals surface area contributed by atoms with E-state index < -0.39 is 11.6 Å². The van der Waals surface area contributed by atoms with Crippen molar-refractivity contribution in [2.75, 3.05) is 0 Å². The van der Waals surface area contributed by atoms with E-state index in [1.807, 2.05) is 31.2 Å². The number of hydrogen-bond donors (Lipinski definition) is 1. The minimum atomic E-state index is -0.905. The zero-order valence-electron chi connectivity index (χ0n) is 15.4. The first-order valence-electron chi connectivity index (χ1n) is 8.92. The Kier molecular flexibility index (Phi) is 6.32. The second kappa shape index (κ2) is 9.08. The van der Waals surface area contributed by atoms with Crippen LogP contribution in [0.15, 0.2) is 67.0 Å². The lowest BCUT2D eigenvalue weighted by Gasteiger charge is -2.16. The number of rotatable bonds is 7. The molecule has 3 rings (SSSR count). The van der Waals surface area contributed by atoms with Crippen LogP contribution < -0.4 is 10.1 Å². The molecule has 4 nitrogen and oxygen atoms in total. The van der Waals surface area contributed by atoms with Crippen molar-refractivity contribution in [2.45, 2.75) is 25.8 Å². The smallest absolute Gasteiger partial charge is 0.220 e. The molecule has 0 fully saturated rings. The van der Waals surface area contributed by atoms with Crippen LogP contribution >= 0.6 is 0 Å². The second-order valence-electron chi connectivity index (χ2n) is 6.40. The fourth-order valence-corrected chi connectivity index (χ4v) is 2.74. The predicted molar refractivity (Wildman–Crippen MR) is 102 cm³/mol. The number of benzene rings is 2. The first-order valence-corrected chi connectivity index (χ1v) is 8.92. The summed E-state index contributed by atoms with van der Waals surface area (Å²) in [5, 5.41) is 2.91. The Morgan fingerprint density at radius 3 is 2.57 bits per heavy atom. The number of nitrogens with zero attached hydrogens (tertiary/aromatic N) is 1. The number of nitrogens with one attached hydrogen (secondary N) is 1. The average Bonchev–Trinajstić information content (AvgIpc) is 2.70. The molecule has 1 aromatic heterocycles. The first-order chi connectivity index (χ1) is 13.5. The third-order valence-corrected chi connectivity index (χ3v) is 4.25. The minimum Gasteiger partial charge on any atom is -0.457 e. The van der Waals surface area contributed by atoms with Crippen LogP contribution in [0.3, 0.4) is 0 Å². The summed E-state index contributed by atoms with van der Waals surface area (Å²) in [5.74, 6) is -0.632. The maximum atomic E-state index is 13.2. The van der Waals surface area contributed by atoms with Crippen molar-refractivity contribution in [3.8, 4) is 11.5 Å². The number of pyridine rings is 1. The molecule has 0 radical (unpaired) electrons. The van der Waals surface area contributed by atoms with Crippen molar-refractivity contribution in [1.82, 2.24) is 10.3 Å². The number of aryl methyl sites for hydroxylation is 1. The van der Waals surface area contributed by atoms with Gasteiger partial charge in [0.05, 0.1) is 6.04 Å². The van der Waals surface area contributed by atoms with Gasteiger partial charge in [0, 0.05) is 18.8 Å². The molecule has 3 aromatic rings. The average molecular weight is 382 g/mol. The Morgan fingerprint density at radius 2 is 1.82 bits per heavy atom. The largest absolute Gasteiger partial charge is 0.457 e.